The van der Waals surface area contributed by atoms with Crippen LogP contribution in [0.3, 0.4) is 0 Å². The molecule has 2 aromatic rings. The highest BCUT2D eigenvalue weighted by atomic mass is 35.5. The van der Waals surface area contributed by atoms with Crippen LogP contribution in [-0.4, -0.2) is 22.5 Å². The zero-order valence-electron chi connectivity index (χ0n) is 11.1. The number of anilines is 1. The molecule has 3 rings (SSSR count). The molecule has 0 spiro atoms. The van der Waals surface area contributed by atoms with Gasteiger partial charge in [-0.15, -0.1) is 11.3 Å². The number of hydrogen-bond donors (Lipinski definition) is 1. The standard InChI is InChI=1S/C14H17ClN2S2/c1-14(2)5-6-18-7-11(14)17-12-9(15)3-4-10-13(12)16-8-19-10/h3-4,8,11,17H,5-7H2,1-2H3. The van der Waals surface area contributed by atoms with Crippen LogP contribution in [0.2, 0.25) is 5.02 Å². The number of halogens is 1. The summed E-state index contributed by atoms with van der Waals surface area (Å²) in [5, 5.41) is 4.43. The molecular formula is C14H17ClN2S2. The van der Waals surface area contributed by atoms with Gasteiger partial charge in [-0.3, -0.25) is 0 Å². The molecule has 1 N–H and O–H groups in total. The highest BCUT2D eigenvalue weighted by Gasteiger charge is 2.33. The first kappa shape index (κ1) is 13.5. The Morgan fingerprint density at radius 2 is 2.26 bits per heavy atom. The fourth-order valence-electron chi connectivity index (χ4n) is 2.39. The number of fused-ring (bicyclic) bond motifs is 1. The molecule has 19 heavy (non-hydrogen) atoms. The van der Waals surface area contributed by atoms with E-state index in [1.807, 2.05) is 29.4 Å². The Hall–Kier alpha value is -0.450. The largest absolute Gasteiger partial charge is 0.378 e. The fourth-order valence-corrected chi connectivity index (χ4v) is 4.89. The minimum Gasteiger partial charge on any atom is -0.378 e. The first-order valence-electron chi connectivity index (χ1n) is 6.44. The van der Waals surface area contributed by atoms with E-state index in [1.165, 1.54) is 16.9 Å². The molecule has 2 heterocycles. The van der Waals surface area contributed by atoms with Gasteiger partial charge in [0.05, 0.1) is 20.9 Å². The van der Waals surface area contributed by atoms with E-state index in [9.17, 15) is 0 Å². The molecule has 1 aliphatic rings. The lowest BCUT2D eigenvalue weighted by Crippen LogP contribution is -2.41. The number of benzene rings is 1. The number of nitrogens with one attached hydrogen (secondary N) is 1. The molecule has 1 atom stereocenters. The van der Waals surface area contributed by atoms with Gasteiger partial charge in [0.25, 0.3) is 0 Å². The molecule has 2 nitrogen and oxygen atoms in total. The minimum atomic E-state index is 0.298. The van der Waals surface area contributed by atoms with E-state index in [0.29, 0.717) is 11.5 Å². The van der Waals surface area contributed by atoms with Gasteiger partial charge in [-0.25, -0.2) is 4.98 Å². The lowest BCUT2D eigenvalue weighted by molar-refractivity contribution is 0.305. The summed E-state index contributed by atoms with van der Waals surface area (Å²) in [5.41, 5.74) is 4.18. The van der Waals surface area contributed by atoms with Crippen molar-refractivity contribution in [3.05, 3.63) is 22.7 Å². The molecule has 1 aromatic carbocycles. The second-order valence-electron chi connectivity index (χ2n) is 5.63. The van der Waals surface area contributed by atoms with Gasteiger partial charge in [0.2, 0.25) is 0 Å². The summed E-state index contributed by atoms with van der Waals surface area (Å²) < 4.78 is 1.19. The Morgan fingerprint density at radius 3 is 3.05 bits per heavy atom. The quantitative estimate of drug-likeness (QED) is 0.854. The number of thiazole rings is 1. The number of thioether (sulfide) groups is 1. The zero-order valence-corrected chi connectivity index (χ0v) is 13.5. The van der Waals surface area contributed by atoms with Crippen molar-refractivity contribution in [3.63, 3.8) is 0 Å². The normalized spacial score (nSPS) is 22.6. The summed E-state index contributed by atoms with van der Waals surface area (Å²) in [5.74, 6) is 2.38. The average molecular weight is 313 g/mol. The van der Waals surface area contributed by atoms with Gasteiger partial charge in [0.1, 0.15) is 5.52 Å². The Balaban J connectivity index is 1.96. The molecule has 0 amide bonds. The van der Waals surface area contributed by atoms with Crippen LogP contribution >= 0.6 is 34.7 Å². The summed E-state index contributed by atoms with van der Waals surface area (Å²) in [6, 6.07) is 4.45. The summed E-state index contributed by atoms with van der Waals surface area (Å²) in [4.78, 5) is 4.46. The second kappa shape index (κ2) is 5.15. The molecular weight excluding hydrogens is 296 g/mol. The summed E-state index contributed by atoms with van der Waals surface area (Å²) >= 11 is 10.0. The minimum absolute atomic E-state index is 0.298. The van der Waals surface area contributed by atoms with Crippen LogP contribution in [0.15, 0.2) is 17.6 Å². The third-order valence-corrected chi connectivity index (χ3v) is 6.06. The smallest absolute Gasteiger partial charge is 0.106 e. The number of nitrogens with zero attached hydrogens (tertiary/aromatic N) is 1. The van der Waals surface area contributed by atoms with Crippen molar-refractivity contribution in [3.8, 4) is 0 Å². The van der Waals surface area contributed by atoms with Gasteiger partial charge in [0.15, 0.2) is 0 Å². The molecule has 1 aliphatic heterocycles. The summed E-state index contributed by atoms with van der Waals surface area (Å²) in [7, 11) is 0. The van der Waals surface area contributed by atoms with E-state index in [2.05, 4.69) is 24.1 Å². The zero-order chi connectivity index (χ0) is 13.5. The van der Waals surface area contributed by atoms with Crippen LogP contribution in [0.5, 0.6) is 0 Å². The first-order valence-corrected chi connectivity index (χ1v) is 8.85. The van der Waals surface area contributed by atoms with Crippen LogP contribution in [0.1, 0.15) is 20.3 Å². The van der Waals surface area contributed by atoms with Gasteiger partial charge in [-0.1, -0.05) is 25.4 Å². The van der Waals surface area contributed by atoms with Crippen molar-refractivity contribution in [1.82, 2.24) is 4.98 Å². The molecule has 0 saturated carbocycles. The molecule has 0 radical (unpaired) electrons. The van der Waals surface area contributed by atoms with Crippen molar-refractivity contribution in [1.29, 1.82) is 0 Å². The van der Waals surface area contributed by atoms with Gasteiger partial charge in [0, 0.05) is 11.8 Å². The third-order valence-electron chi connectivity index (χ3n) is 3.89. The maximum atomic E-state index is 6.37. The monoisotopic (exact) mass is 312 g/mol. The van der Waals surface area contributed by atoms with Crippen molar-refractivity contribution in [2.75, 3.05) is 16.8 Å². The highest BCUT2D eigenvalue weighted by molar-refractivity contribution is 7.99. The molecule has 5 heteroatoms. The average Bonchev–Trinajstić information content (AvgIpc) is 2.83. The Labute approximate surface area is 126 Å². The van der Waals surface area contributed by atoms with Crippen molar-refractivity contribution in [2.45, 2.75) is 26.3 Å². The van der Waals surface area contributed by atoms with Gasteiger partial charge in [-0.05, 0) is 29.7 Å². The lowest BCUT2D eigenvalue weighted by atomic mass is 9.82. The number of rotatable bonds is 2. The molecule has 1 aromatic heterocycles. The first-order chi connectivity index (χ1) is 9.08. The molecule has 1 fully saturated rings. The number of aromatic nitrogens is 1. The maximum Gasteiger partial charge on any atom is 0.106 e. The Morgan fingerprint density at radius 1 is 1.42 bits per heavy atom. The topological polar surface area (TPSA) is 24.9 Å². The summed E-state index contributed by atoms with van der Waals surface area (Å²) in [6.45, 7) is 4.67. The number of hydrogen-bond acceptors (Lipinski definition) is 4. The van der Waals surface area contributed by atoms with E-state index in [1.54, 1.807) is 11.3 Å². The van der Waals surface area contributed by atoms with Crippen molar-refractivity contribution in [2.24, 2.45) is 5.41 Å². The lowest BCUT2D eigenvalue weighted by Gasteiger charge is -2.39. The van der Waals surface area contributed by atoms with Crippen molar-refractivity contribution >= 4 is 50.6 Å². The summed E-state index contributed by atoms with van der Waals surface area (Å²) in [6.07, 6.45) is 1.24. The van der Waals surface area contributed by atoms with E-state index in [4.69, 9.17) is 11.6 Å². The highest BCUT2D eigenvalue weighted by Crippen LogP contribution is 2.39. The van der Waals surface area contributed by atoms with Gasteiger partial charge in [-0.2, -0.15) is 11.8 Å². The second-order valence-corrected chi connectivity index (χ2v) is 8.08. The predicted octanol–water partition coefficient (Wildman–Crippen LogP) is 4.89. The Bertz CT molecular complexity index is 594. The molecule has 1 saturated heterocycles. The van der Waals surface area contributed by atoms with E-state index < -0.39 is 0 Å². The fraction of sp³-hybridized carbons (Fsp3) is 0.500. The third kappa shape index (κ3) is 2.58. The molecule has 0 bridgehead atoms. The van der Waals surface area contributed by atoms with Crippen LogP contribution in [0.4, 0.5) is 5.69 Å². The van der Waals surface area contributed by atoms with Crippen LogP contribution in [-0.2, 0) is 0 Å². The van der Waals surface area contributed by atoms with Crippen LogP contribution in [0.25, 0.3) is 10.2 Å². The van der Waals surface area contributed by atoms with Crippen molar-refractivity contribution < 1.29 is 0 Å². The van der Waals surface area contributed by atoms with Gasteiger partial charge < -0.3 is 5.32 Å². The van der Waals surface area contributed by atoms with Gasteiger partial charge >= 0.3 is 0 Å². The molecule has 1 unspecified atom stereocenters. The van der Waals surface area contributed by atoms with E-state index >= 15 is 0 Å². The Kier molecular flexibility index (Phi) is 3.67. The van der Waals surface area contributed by atoms with E-state index in [0.717, 1.165) is 22.0 Å². The predicted molar refractivity (Wildman–Crippen MR) is 87.8 cm³/mol. The maximum absolute atomic E-state index is 6.37. The van der Waals surface area contributed by atoms with Crippen LogP contribution < -0.4 is 5.32 Å². The van der Waals surface area contributed by atoms with Crippen LogP contribution in [0, 0.1) is 5.41 Å². The molecule has 0 aliphatic carbocycles. The van der Waals surface area contributed by atoms with E-state index in [-0.39, 0.29) is 0 Å². The SMILES string of the molecule is CC1(C)CCSCC1Nc1c(Cl)ccc2scnc12. The molecule has 102 valence electrons.